The molecule has 1 aliphatic rings. The van der Waals surface area contributed by atoms with Crippen molar-refractivity contribution in [2.75, 3.05) is 9.80 Å². The third-order valence-electron chi connectivity index (χ3n) is 18.3. The summed E-state index contributed by atoms with van der Waals surface area (Å²) >= 11 is 0. The first-order chi connectivity index (χ1) is 44.2. The maximum absolute atomic E-state index is 2.50. The Morgan fingerprint density at radius 2 is 0.506 bits per heavy atom. The van der Waals surface area contributed by atoms with Gasteiger partial charge in [0.15, 0.2) is 0 Å². The summed E-state index contributed by atoms with van der Waals surface area (Å²) in [6, 6.07) is 130. The van der Waals surface area contributed by atoms with Crippen molar-refractivity contribution in [2.45, 2.75) is 5.41 Å². The number of aromatic nitrogens is 2. The molecule has 0 amide bonds. The van der Waals surface area contributed by atoms with Crippen molar-refractivity contribution < 1.29 is 0 Å². The van der Waals surface area contributed by atoms with E-state index in [0.29, 0.717) is 0 Å². The van der Waals surface area contributed by atoms with Gasteiger partial charge in [-0.1, -0.05) is 218 Å². The molecule has 0 radical (unpaired) electrons. The minimum absolute atomic E-state index is 0.836. The molecule has 4 nitrogen and oxygen atoms in total. The summed E-state index contributed by atoms with van der Waals surface area (Å²) in [4.78, 5) is 4.85. The summed E-state index contributed by atoms with van der Waals surface area (Å²) in [5, 5.41) is 4.98. The maximum Gasteiger partial charge on any atom is 0.0715 e. The zero-order chi connectivity index (χ0) is 58.8. The molecular weight excluding hydrogens is 1080 g/mol. The van der Waals surface area contributed by atoms with E-state index in [0.717, 1.165) is 56.6 Å². The van der Waals surface area contributed by atoms with Gasteiger partial charge in [0, 0.05) is 67.0 Å². The lowest BCUT2D eigenvalue weighted by Gasteiger charge is -2.36. The first-order valence-corrected chi connectivity index (χ1v) is 30.6. The number of benzene rings is 14. The molecule has 0 aliphatic heterocycles. The third kappa shape index (κ3) is 8.52. The van der Waals surface area contributed by atoms with Crippen LogP contribution in [0.2, 0.25) is 0 Å². The van der Waals surface area contributed by atoms with E-state index < -0.39 is 5.41 Å². The summed E-state index contributed by atoms with van der Waals surface area (Å²) in [5.74, 6) is 0. The number of para-hydroxylation sites is 6. The van der Waals surface area contributed by atoms with Crippen molar-refractivity contribution in [2.24, 2.45) is 0 Å². The van der Waals surface area contributed by atoms with Gasteiger partial charge in [0.25, 0.3) is 0 Å². The Morgan fingerprint density at radius 3 is 0.865 bits per heavy atom. The maximum atomic E-state index is 2.50. The first kappa shape index (κ1) is 51.7. The number of hydrogen-bond acceptors (Lipinski definition) is 2. The van der Waals surface area contributed by atoms with E-state index in [1.54, 1.807) is 0 Å². The highest BCUT2D eigenvalue weighted by molar-refractivity contribution is 6.10. The molecule has 0 saturated carbocycles. The van der Waals surface area contributed by atoms with Crippen LogP contribution in [-0.2, 0) is 5.41 Å². The lowest BCUT2D eigenvalue weighted by molar-refractivity contribution is 0.769. The largest absolute Gasteiger partial charge is 0.310 e. The highest BCUT2D eigenvalue weighted by Gasteiger charge is 2.47. The number of anilines is 6. The van der Waals surface area contributed by atoms with E-state index in [1.807, 2.05) is 0 Å². The molecule has 1 aliphatic carbocycles. The van der Waals surface area contributed by atoms with E-state index in [9.17, 15) is 0 Å². The fourth-order valence-corrected chi connectivity index (χ4v) is 14.4. The average molecular weight is 1140 g/mol. The monoisotopic (exact) mass is 1130 g/mol. The molecule has 0 N–H and O–H groups in total. The van der Waals surface area contributed by atoms with Crippen molar-refractivity contribution in [1.82, 2.24) is 9.13 Å². The zero-order valence-corrected chi connectivity index (χ0v) is 48.8. The standard InChI is InChI=1S/C85H58N4/c1-5-23-59(24-6-1)61-27-21-29-63(55-61)85(64-30-22-28-62(56-64)60-25-7-2-8-26-60)79-57-71(86(65-31-9-3-10-32-65)67-43-47-69(48-44-67)88-81-39-17-13-35-75(81)76-36-14-18-40-82(76)88)51-53-73(79)74-54-52-72(58-80(74)85)87(66-33-11-4-12-34-66)68-45-49-70(50-46-68)89-83-41-19-15-37-77(83)78-38-16-20-42-84(78)89/h1-58H. The number of hydrogen-bond donors (Lipinski definition) is 0. The average Bonchev–Trinajstić information content (AvgIpc) is 1.57. The Morgan fingerprint density at radius 1 is 0.213 bits per heavy atom. The highest BCUT2D eigenvalue weighted by Crippen LogP contribution is 2.59. The van der Waals surface area contributed by atoms with Gasteiger partial charge in [-0.15, -0.1) is 0 Å². The van der Waals surface area contributed by atoms with Gasteiger partial charge in [0.05, 0.1) is 27.5 Å². The quantitative estimate of drug-likeness (QED) is 0.121. The fourth-order valence-electron chi connectivity index (χ4n) is 14.4. The van der Waals surface area contributed by atoms with Crippen molar-refractivity contribution >= 4 is 77.7 Å². The smallest absolute Gasteiger partial charge is 0.0715 e. The number of rotatable bonds is 12. The van der Waals surface area contributed by atoms with E-state index >= 15 is 0 Å². The third-order valence-corrected chi connectivity index (χ3v) is 18.3. The second-order valence-electron chi connectivity index (χ2n) is 23.2. The molecule has 0 bridgehead atoms. The van der Waals surface area contributed by atoms with Gasteiger partial charge < -0.3 is 18.9 Å². The predicted molar refractivity (Wildman–Crippen MR) is 373 cm³/mol. The van der Waals surface area contributed by atoms with Crippen LogP contribution in [0, 0.1) is 0 Å². The molecule has 2 heterocycles. The molecule has 89 heavy (non-hydrogen) atoms. The highest BCUT2D eigenvalue weighted by atomic mass is 15.2. The second-order valence-corrected chi connectivity index (χ2v) is 23.2. The molecule has 418 valence electrons. The molecule has 0 fully saturated rings. The van der Waals surface area contributed by atoms with Crippen LogP contribution in [0.4, 0.5) is 34.1 Å². The second kappa shape index (κ2) is 21.4. The van der Waals surface area contributed by atoms with Crippen LogP contribution < -0.4 is 9.80 Å². The van der Waals surface area contributed by atoms with Gasteiger partial charge in [-0.2, -0.15) is 0 Å². The molecule has 0 spiro atoms. The minimum Gasteiger partial charge on any atom is -0.310 e. The normalized spacial score (nSPS) is 12.4. The first-order valence-electron chi connectivity index (χ1n) is 30.6. The van der Waals surface area contributed by atoms with E-state index in [4.69, 9.17) is 0 Å². The van der Waals surface area contributed by atoms with E-state index in [-0.39, 0.29) is 0 Å². The van der Waals surface area contributed by atoms with Crippen LogP contribution in [0.1, 0.15) is 22.3 Å². The van der Waals surface area contributed by atoms with Crippen LogP contribution in [0.15, 0.2) is 352 Å². The fraction of sp³-hybridized carbons (Fsp3) is 0.0118. The Kier molecular flexibility index (Phi) is 12.4. The Bertz CT molecular complexity index is 4860. The molecule has 14 aromatic carbocycles. The molecule has 0 unspecified atom stereocenters. The zero-order valence-electron chi connectivity index (χ0n) is 48.8. The van der Waals surface area contributed by atoms with Crippen LogP contribution >= 0.6 is 0 Å². The summed E-state index contributed by atoms with van der Waals surface area (Å²) < 4.78 is 4.79. The molecule has 2 aromatic heterocycles. The Balaban J connectivity index is 0.888. The van der Waals surface area contributed by atoms with Crippen molar-refractivity contribution in [1.29, 1.82) is 0 Å². The topological polar surface area (TPSA) is 16.3 Å². The van der Waals surface area contributed by atoms with Crippen molar-refractivity contribution in [3.05, 3.63) is 374 Å². The van der Waals surface area contributed by atoms with Crippen LogP contribution in [-0.4, -0.2) is 9.13 Å². The van der Waals surface area contributed by atoms with E-state index in [1.165, 1.54) is 88.1 Å². The lowest BCUT2D eigenvalue weighted by atomic mass is 9.66. The van der Waals surface area contributed by atoms with Gasteiger partial charge in [-0.25, -0.2) is 0 Å². The molecule has 0 atom stereocenters. The molecule has 4 heteroatoms. The lowest BCUT2D eigenvalue weighted by Crippen LogP contribution is -2.29. The van der Waals surface area contributed by atoms with Gasteiger partial charge in [-0.05, 0) is 189 Å². The molecule has 0 saturated heterocycles. The summed E-state index contributed by atoms with van der Waals surface area (Å²) in [7, 11) is 0. The Labute approximate surface area is 518 Å². The van der Waals surface area contributed by atoms with Crippen molar-refractivity contribution in [3.8, 4) is 44.8 Å². The summed E-state index contributed by atoms with van der Waals surface area (Å²) in [6.45, 7) is 0. The van der Waals surface area contributed by atoms with Gasteiger partial charge in [-0.3, -0.25) is 0 Å². The van der Waals surface area contributed by atoms with Gasteiger partial charge >= 0.3 is 0 Å². The van der Waals surface area contributed by atoms with Crippen LogP contribution in [0.25, 0.3) is 88.4 Å². The summed E-state index contributed by atoms with van der Waals surface area (Å²) in [5.41, 5.74) is 24.3. The molecule has 17 rings (SSSR count). The van der Waals surface area contributed by atoms with E-state index in [2.05, 4.69) is 371 Å². The van der Waals surface area contributed by atoms with Crippen LogP contribution in [0.3, 0.4) is 0 Å². The van der Waals surface area contributed by atoms with Crippen LogP contribution in [0.5, 0.6) is 0 Å². The predicted octanol–water partition coefficient (Wildman–Crippen LogP) is 22.5. The Hall–Kier alpha value is -11.7. The number of fused-ring (bicyclic) bond motifs is 9. The molecule has 16 aromatic rings. The minimum atomic E-state index is -0.836. The van der Waals surface area contributed by atoms with Gasteiger partial charge in [0.1, 0.15) is 0 Å². The number of nitrogens with zero attached hydrogens (tertiary/aromatic N) is 4. The summed E-state index contributed by atoms with van der Waals surface area (Å²) in [6.07, 6.45) is 0. The SMILES string of the molecule is c1ccc(-c2cccc(C3(c4cccc(-c5ccccc5)c4)c4cc(N(c5ccccc5)c5ccc(-n6c7ccccc7c7ccccc76)cc5)ccc4-c4ccc(N(c5ccccc5)c5ccc(-n6c7ccccc7c7ccccc76)cc5)cc43)c2)cc1. The van der Waals surface area contributed by atoms with Gasteiger partial charge in [0.2, 0.25) is 0 Å². The van der Waals surface area contributed by atoms with Crippen molar-refractivity contribution in [3.63, 3.8) is 0 Å². The molecular formula is C85H58N4.